The Labute approximate surface area is 128 Å². The Morgan fingerprint density at radius 1 is 1.23 bits per heavy atom. The average molecular weight is 296 g/mol. The fourth-order valence-corrected chi connectivity index (χ4v) is 2.69. The number of nitrogens with zero attached hydrogens (tertiary/aromatic N) is 3. The summed E-state index contributed by atoms with van der Waals surface area (Å²) in [6, 6.07) is 10.7. The fourth-order valence-electron chi connectivity index (χ4n) is 2.69. The van der Waals surface area contributed by atoms with Crippen LogP contribution in [0.4, 0.5) is 0 Å². The van der Waals surface area contributed by atoms with Gasteiger partial charge in [-0.05, 0) is 37.4 Å². The Balaban J connectivity index is 2.21. The third-order valence-corrected chi connectivity index (χ3v) is 3.90. The van der Waals surface area contributed by atoms with Crippen LogP contribution < -0.4 is 10.7 Å². The van der Waals surface area contributed by atoms with Crippen molar-refractivity contribution in [1.82, 2.24) is 14.3 Å². The summed E-state index contributed by atoms with van der Waals surface area (Å²) in [6.07, 6.45) is 1.91. The van der Waals surface area contributed by atoms with Crippen LogP contribution in [0.2, 0.25) is 0 Å². The van der Waals surface area contributed by atoms with Gasteiger partial charge in [0.25, 0.3) is 5.56 Å². The van der Waals surface area contributed by atoms with Gasteiger partial charge in [-0.1, -0.05) is 31.5 Å². The van der Waals surface area contributed by atoms with Gasteiger partial charge in [-0.3, -0.25) is 4.79 Å². The highest BCUT2D eigenvalue weighted by Gasteiger charge is 2.20. The zero-order valence-electron chi connectivity index (χ0n) is 12.7. The van der Waals surface area contributed by atoms with Crippen molar-refractivity contribution in [3.63, 3.8) is 0 Å². The predicted octanol–water partition coefficient (Wildman–Crippen LogP) is 2.32. The molecule has 0 N–H and O–H groups in total. The van der Waals surface area contributed by atoms with E-state index in [9.17, 15) is 9.90 Å². The molecule has 5 heteroatoms. The van der Waals surface area contributed by atoms with E-state index in [0.717, 1.165) is 12.8 Å². The summed E-state index contributed by atoms with van der Waals surface area (Å²) in [7, 11) is 0. The summed E-state index contributed by atoms with van der Waals surface area (Å²) < 4.78 is 3.03. The molecule has 0 saturated carbocycles. The van der Waals surface area contributed by atoms with E-state index in [0.29, 0.717) is 29.2 Å². The van der Waals surface area contributed by atoms with Crippen LogP contribution in [0.15, 0.2) is 41.2 Å². The minimum Gasteiger partial charge on any atom is -0.860 e. The normalized spacial score (nSPS) is 11.2. The summed E-state index contributed by atoms with van der Waals surface area (Å²) >= 11 is 0. The molecule has 0 bridgehead atoms. The van der Waals surface area contributed by atoms with E-state index < -0.39 is 0 Å². The summed E-state index contributed by atoms with van der Waals surface area (Å²) in [5.41, 5.74) is 2.21. The third kappa shape index (κ3) is 2.28. The summed E-state index contributed by atoms with van der Waals surface area (Å²) in [5, 5.41) is 16.5. The first kappa shape index (κ1) is 14.4. The van der Waals surface area contributed by atoms with Crippen LogP contribution >= 0.6 is 0 Å². The van der Waals surface area contributed by atoms with Gasteiger partial charge in [0.15, 0.2) is 0 Å². The molecule has 0 unspecified atom stereocenters. The number of para-hydroxylation sites is 1. The number of aromatic nitrogens is 3. The smallest absolute Gasteiger partial charge is 0.282 e. The molecule has 1 aromatic rings. The molecule has 2 aliphatic heterocycles. The number of pyridine rings is 1. The van der Waals surface area contributed by atoms with Crippen LogP contribution in [0.5, 0.6) is 5.88 Å². The first-order chi connectivity index (χ1) is 10.6. The Hall–Kier alpha value is -2.56. The van der Waals surface area contributed by atoms with Crippen LogP contribution in [0, 0.1) is 6.92 Å². The van der Waals surface area contributed by atoms with E-state index in [1.165, 1.54) is 10.7 Å². The quantitative estimate of drug-likeness (QED) is 0.742. The SMILES string of the molecule is CCCCn1c([O-])cc2nn(-c3ccccc3)c(=O)c-2c1C. The van der Waals surface area contributed by atoms with Gasteiger partial charge < -0.3 is 9.67 Å². The van der Waals surface area contributed by atoms with Crippen LogP contribution in [0.25, 0.3) is 16.9 Å². The topological polar surface area (TPSA) is 62.9 Å². The van der Waals surface area contributed by atoms with Crippen LogP contribution in [0.3, 0.4) is 0 Å². The maximum absolute atomic E-state index is 12.7. The second kappa shape index (κ2) is 5.67. The lowest BCUT2D eigenvalue weighted by Crippen LogP contribution is -2.18. The van der Waals surface area contributed by atoms with Crippen molar-refractivity contribution < 1.29 is 5.11 Å². The van der Waals surface area contributed by atoms with Crippen LogP contribution in [-0.2, 0) is 6.54 Å². The van der Waals surface area contributed by atoms with E-state index in [2.05, 4.69) is 12.0 Å². The maximum atomic E-state index is 12.7. The number of rotatable bonds is 4. The molecule has 0 aliphatic carbocycles. The van der Waals surface area contributed by atoms with Gasteiger partial charge in [-0.15, -0.1) is 0 Å². The largest absolute Gasteiger partial charge is 0.860 e. The van der Waals surface area contributed by atoms with E-state index >= 15 is 0 Å². The number of benzene rings is 1. The molecule has 0 saturated heterocycles. The molecular formula is C17H18N3O2-. The molecule has 2 heterocycles. The Morgan fingerprint density at radius 3 is 2.64 bits per heavy atom. The Morgan fingerprint density at radius 2 is 1.95 bits per heavy atom. The van der Waals surface area contributed by atoms with Crippen molar-refractivity contribution in [2.45, 2.75) is 33.2 Å². The zero-order chi connectivity index (χ0) is 15.7. The summed E-state index contributed by atoms with van der Waals surface area (Å²) in [5.74, 6) is -0.101. The maximum Gasteiger partial charge on any atom is 0.282 e. The first-order valence-corrected chi connectivity index (χ1v) is 7.49. The summed E-state index contributed by atoms with van der Waals surface area (Å²) in [4.78, 5) is 12.7. The van der Waals surface area contributed by atoms with Gasteiger partial charge >= 0.3 is 0 Å². The monoisotopic (exact) mass is 296 g/mol. The molecule has 114 valence electrons. The second-order valence-corrected chi connectivity index (χ2v) is 5.39. The van der Waals surface area contributed by atoms with Gasteiger partial charge in [0, 0.05) is 12.2 Å². The third-order valence-electron chi connectivity index (χ3n) is 3.90. The van der Waals surface area contributed by atoms with Gasteiger partial charge in [0.05, 0.1) is 16.9 Å². The van der Waals surface area contributed by atoms with Crippen molar-refractivity contribution in [2.24, 2.45) is 0 Å². The zero-order valence-corrected chi connectivity index (χ0v) is 12.7. The van der Waals surface area contributed by atoms with E-state index in [1.807, 2.05) is 37.3 Å². The lowest BCUT2D eigenvalue weighted by molar-refractivity contribution is -0.279. The second-order valence-electron chi connectivity index (χ2n) is 5.39. The Bertz CT molecular complexity index is 818. The van der Waals surface area contributed by atoms with Crippen molar-refractivity contribution >= 4 is 0 Å². The standard InChI is InChI=1S/C17H19N3O2/c1-3-4-10-19-12(2)16-14(11-15(19)21)18-20(17(16)22)13-8-6-5-7-9-13/h5-9,11,21H,3-4,10H2,1-2H3/p-1. The molecular weight excluding hydrogens is 278 g/mol. The van der Waals surface area contributed by atoms with Gasteiger partial charge in [0.1, 0.15) is 0 Å². The number of unbranched alkanes of at least 4 members (excludes halogenated alkanes) is 1. The average Bonchev–Trinajstić information content (AvgIpc) is 2.85. The molecule has 2 aliphatic rings. The molecule has 0 fully saturated rings. The van der Waals surface area contributed by atoms with Crippen molar-refractivity contribution in [1.29, 1.82) is 0 Å². The highest BCUT2D eigenvalue weighted by Crippen LogP contribution is 2.26. The molecule has 5 nitrogen and oxygen atoms in total. The van der Waals surface area contributed by atoms with Crippen molar-refractivity contribution in [3.8, 4) is 22.8 Å². The minimum atomic E-state index is -0.177. The van der Waals surface area contributed by atoms with Crippen LogP contribution in [-0.4, -0.2) is 14.3 Å². The lowest BCUT2D eigenvalue weighted by atomic mass is 10.1. The van der Waals surface area contributed by atoms with Crippen LogP contribution in [0.1, 0.15) is 25.5 Å². The van der Waals surface area contributed by atoms with Crippen molar-refractivity contribution in [3.05, 3.63) is 52.4 Å². The number of fused-ring (bicyclic) bond motifs is 1. The fraction of sp³-hybridized carbons (Fsp3) is 0.294. The van der Waals surface area contributed by atoms with E-state index in [-0.39, 0.29) is 11.4 Å². The molecule has 0 radical (unpaired) electrons. The van der Waals surface area contributed by atoms with Gasteiger partial charge in [-0.2, -0.15) is 9.78 Å². The predicted molar refractivity (Wildman–Crippen MR) is 83.5 cm³/mol. The van der Waals surface area contributed by atoms with Crippen molar-refractivity contribution in [2.75, 3.05) is 0 Å². The molecule has 0 aromatic heterocycles. The molecule has 0 spiro atoms. The lowest BCUT2D eigenvalue weighted by Gasteiger charge is -2.22. The molecule has 0 atom stereocenters. The molecule has 1 aromatic carbocycles. The molecule has 3 rings (SSSR count). The number of hydrogen-bond donors (Lipinski definition) is 0. The highest BCUT2D eigenvalue weighted by molar-refractivity contribution is 5.65. The molecule has 0 amide bonds. The van der Waals surface area contributed by atoms with Gasteiger partial charge in [0.2, 0.25) is 0 Å². The Kier molecular flexibility index (Phi) is 3.71. The first-order valence-electron chi connectivity index (χ1n) is 7.49. The highest BCUT2D eigenvalue weighted by atomic mass is 16.3. The van der Waals surface area contributed by atoms with Gasteiger partial charge in [-0.25, -0.2) is 0 Å². The number of hydrogen-bond acceptors (Lipinski definition) is 3. The van der Waals surface area contributed by atoms with E-state index in [1.54, 1.807) is 4.57 Å². The summed E-state index contributed by atoms with van der Waals surface area (Å²) in [6.45, 7) is 4.52. The molecule has 22 heavy (non-hydrogen) atoms. The van der Waals surface area contributed by atoms with E-state index in [4.69, 9.17) is 0 Å². The minimum absolute atomic E-state index is 0.101.